The summed E-state index contributed by atoms with van der Waals surface area (Å²) in [6, 6.07) is 17.3. The van der Waals surface area contributed by atoms with Crippen molar-refractivity contribution in [3.63, 3.8) is 0 Å². The highest BCUT2D eigenvalue weighted by molar-refractivity contribution is 5.43. The molecule has 0 aliphatic carbocycles. The maximum absolute atomic E-state index is 10.5. The third-order valence-electron chi connectivity index (χ3n) is 5.96. The molecule has 3 aromatic rings. The number of rotatable bonds is 8. The number of benzene rings is 2. The molecule has 35 heavy (non-hydrogen) atoms. The van der Waals surface area contributed by atoms with Gasteiger partial charge in [-0.2, -0.15) is 0 Å². The summed E-state index contributed by atoms with van der Waals surface area (Å²) in [6.45, 7) is 5.32. The van der Waals surface area contributed by atoms with Gasteiger partial charge in [-0.15, -0.1) is 5.10 Å². The molecule has 9 heteroatoms. The second kappa shape index (κ2) is 10.8. The standard InChI is InChI=1S/C26H32N2O7/c1-15(2)33-19-11-9-17(10-12-19)13-20-16(3)28(18-7-5-4-6-8-18)27-25(20)35-26-24(32)23(31)22(30)21(14-29)34-26/h4-12,15,21-24,26,29-32H,13-14H2,1-3H3/t21-,22-,23+,24-,26+/m1/s1. The number of hydrogen-bond acceptors (Lipinski definition) is 8. The zero-order chi connectivity index (χ0) is 25.1. The summed E-state index contributed by atoms with van der Waals surface area (Å²) in [5, 5.41) is 44.9. The van der Waals surface area contributed by atoms with Crippen LogP contribution in [0.1, 0.15) is 30.7 Å². The Balaban J connectivity index is 1.66. The van der Waals surface area contributed by atoms with Crippen molar-refractivity contribution in [3.05, 3.63) is 71.4 Å². The Kier molecular flexibility index (Phi) is 7.73. The first-order chi connectivity index (χ1) is 16.8. The van der Waals surface area contributed by atoms with Gasteiger partial charge in [0.25, 0.3) is 0 Å². The van der Waals surface area contributed by atoms with Crippen molar-refractivity contribution >= 4 is 0 Å². The Morgan fingerprint density at radius 1 is 0.971 bits per heavy atom. The van der Waals surface area contributed by atoms with Crippen molar-refractivity contribution in [1.82, 2.24) is 9.78 Å². The summed E-state index contributed by atoms with van der Waals surface area (Å²) < 4.78 is 19.0. The molecule has 2 heterocycles. The molecule has 0 saturated carbocycles. The van der Waals surface area contributed by atoms with Gasteiger partial charge in [0.15, 0.2) is 0 Å². The van der Waals surface area contributed by atoms with Crippen molar-refractivity contribution in [2.24, 2.45) is 0 Å². The smallest absolute Gasteiger partial charge is 0.239 e. The third kappa shape index (κ3) is 5.50. The predicted molar refractivity (Wildman–Crippen MR) is 128 cm³/mol. The SMILES string of the molecule is Cc1c(Cc2ccc(OC(C)C)cc2)c(O[C@@H]2O[C@H](CO)[C@@H](O)[C@H](O)[C@H]2O)nn1-c1ccccc1. The van der Waals surface area contributed by atoms with Crippen molar-refractivity contribution in [1.29, 1.82) is 0 Å². The number of aliphatic hydroxyl groups is 4. The number of ether oxygens (including phenoxy) is 3. The Bertz CT molecular complexity index is 1100. The molecule has 188 valence electrons. The molecule has 9 nitrogen and oxygen atoms in total. The van der Waals surface area contributed by atoms with Gasteiger partial charge in [-0.05, 0) is 50.6 Å². The molecule has 4 N–H and O–H groups in total. The Labute approximate surface area is 204 Å². The fourth-order valence-corrected chi connectivity index (χ4v) is 4.06. The molecule has 1 aliphatic heterocycles. The van der Waals surface area contributed by atoms with Crippen LogP contribution in [0.4, 0.5) is 0 Å². The minimum Gasteiger partial charge on any atom is -0.491 e. The summed E-state index contributed by atoms with van der Waals surface area (Å²) in [5.74, 6) is 0.997. The largest absolute Gasteiger partial charge is 0.491 e. The van der Waals surface area contributed by atoms with Crippen LogP contribution < -0.4 is 9.47 Å². The van der Waals surface area contributed by atoms with Crippen molar-refractivity contribution in [2.45, 2.75) is 64.0 Å². The molecule has 0 radical (unpaired) electrons. The van der Waals surface area contributed by atoms with E-state index in [0.717, 1.165) is 28.3 Å². The molecule has 1 aliphatic rings. The molecule has 0 spiro atoms. The monoisotopic (exact) mass is 484 g/mol. The molecule has 0 bridgehead atoms. The van der Waals surface area contributed by atoms with Gasteiger partial charge < -0.3 is 34.6 Å². The van der Waals surface area contributed by atoms with E-state index in [2.05, 4.69) is 5.10 Å². The second-order valence-electron chi connectivity index (χ2n) is 8.92. The fraction of sp³-hybridized carbons (Fsp3) is 0.423. The van der Waals surface area contributed by atoms with E-state index in [1.807, 2.05) is 75.4 Å². The number of aliphatic hydroxyl groups excluding tert-OH is 4. The van der Waals surface area contributed by atoms with E-state index >= 15 is 0 Å². The molecule has 1 saturated heterocycles. The van der Waals surface area contributed by atoms with Gasteiger partial charge in [0, 0.05) is 17.7 Å². The van der Waals surface area contributed by atoms with Gasteiger partial charge in [0.2, 0.25) is 12.2 Å². The summed E-state index contributed by atoms with van der Waals surface area (Å²) in [4.78, 5) is 0. The minimum absolute atomic E-state index is 0.0748. The van der Waals surface area contributed by atoms with E-state index in [0.29, 0.717) is 6.42 Å². The first-order valence-electron chi connectivity index (χ1n) is 11.6. The van der Waals surface area contributed by atoms with E-state index in [1.54, 1.807) is 4.68 Å². The maximum atomic E-state index is 10.5. The second-order valence-corrected chi connectivity index (χ2v) is 8.92. The molecule has 1 fully saturated rings. The van der Waals surface area contributed by atoms with Crippen LogP contribution >= 0.6 is 0 Å². The topological polar surface area (TPSA) is 126 Å². The van der Waals surface area contributed by atoms with E-state index in [4.69, 9.17) is 14.2 Å². The lowest BCUT2D eigenvalue weighted by molar-refractivity contribution is -0.278. The quantitative estimate of drug-likeness (QED) is 0.381. The van der Waals surface area contributed by atoms with Gasteiger partial charge >= 0.3 is 0 Å². The van der Waals surface area contributed by atoms with E-state index in [1.165, 1.54) is 0 Å². The van der Waals surface area contributed by atoms with E-state index < -0.39 is 37.3 Å². The highest BCUT2D eigenvalue weighted by Gasteiger charge is 2.45. The van der Waals surface area contributed by atoms with E-state index in [9.17, 15) is 20.4 Å². The number of para-hydroxylation sites is 1. The lowest BCUT2D eigenvalue weighted by Crippen LogP contribution is -2.60. The highest BCUT2D eigenvalue weighted by atomic mass is 16.7. The molecule has 1 aromatic heterocycles. The summed E-state index contributed by atoms with van der Waals surface area (Å²) >= 11 is 0. The van der Waals surface area contributed by atoms with Crippen molar-refractivity contribution < 1.29 is 34.6 Å². The van der Waals surface area contributed by atoms with Crippen LogP contribution in [0, 0.1) is 6.92 Å². The Hall–Kier alpha value is -2.95. The van der Waals surface area contributed by atoms with Crippen LogP contribution in [0.5, 0.6) is 11.6 Å². The summed E-state index contributed by atoms with van der Waals surface area (Å²) in [5.41, 5.74) is 3.42. The Morgan fingerprint density at radius 3 is 2.29 bits per heavy atom. The summed E-state index contributed by atoms with van der Waals surface area (Å²) in [6.07, 6.45) is -6.39. The predicted octanol–water partition coefficient (Wildman–Crippen LogP) is 1.74. The maximum Gasteiger partial charge on any atom is 0.239 e. The normalized spacial score (nSPS) is 24.5. The molecule has 4 rings (SSSR count). The van der Waals surface area contributed by atoms with Crippen LogP contribution in [-0.4, -0.2) is 73.6 Å². The molecule has 0 amide bonds. The van der Waals surface area contributed by atoms with Crippen molar-refractivity contribution in [2.75, 3.05) is 6.61 Å². The number of aromatic nitrogens is 2. The molecular weight excluding hydrogens is 452 g/mol. The van der Waals surface area contributed by atoms with Crippen molar-refractivity contribution in [3.8, 4) is 17.3 Å². The lowest BCUT2D eigenvalue weighted by Gasteiger charge is -2.39. The molecular formula is C26H32N2O7. The number of hydrogen-bond donors (Lipinski definition) is 4. The fourth-order valence-electron chi connectivity index (χ4n) is 4.06. The van der Waals surface area contributed by atoms with Gasteiger partial charge in [0.05, 0.1) is 18.4 Å². The highest BCUT2D eigenvalue weighted by Crippen LogP contribution is 2.31. The zero-order valence-electron chi connectivity index (χ0n) is 20.0. The first kappa shape index (κ1) is 25.2. The van der Waals surface area contributed by atoms with Crippen LogP contribution in [-0.2, 0) is 11.2 Å². The van der Waals surface area contributed by atoms with Gasteiger partial charge in [-0.25, -0.2) is 4.68 Å². The minimum atomic E-state index is -1.54. The molecule has 0 unspecified atom stereocenters. The zero-order valence-corrected chi connectivity index (χ0v) is 20.0. The van der Waals surface area contributed by atoms with Gasteiger partial charge in [0.1, 0.15) is 30.2 Å². The van der Waals surface area contributed by atoms with Crippen LogP contribution in [0.2, 0.25) is 0 Å². The summed E-state index contributed by atoms with van der Waals surface area (Å²) in [7, 11) is 0. The van der Waals surface area contributed by atoms with Gasteiger partial charge in [-0.1, -0.05) is 30.3 Å². The average molecular weight is 485 g/mol. The average Bonchev–Trinajstić information content (AvgIpc) is 3.15. The number of nitrogens with zero attached hydrogens (tertiary/aromatic N) is 2. The third-order valence-corrected chi connectivity index (χ3v) is 5.96. The molecule has 5 atom stereocenters. The van der Waals surface area contributed by atoms with Gasteiger partial charge in [-0.3, -0.25) is 0 Å². The Morgan fingerprint density at radius 2 is 1.66 bits per heavy atom. The first-order valence-corrected chi connectivity index (χ1v) is 11.6. The lowest BCUT2D eigenvalue weighted by atomic mass is 9.99. The van der Waals surface area contributed by atoms with Crippen LogP contribution in [0.15, 0.2) is 54.6 Å². The van der Waals surface area contributed by atoms with Crippen LogP contribution in [0.25, 0.3) is 5.69 Å². The molecule has 2 aromatic carbocycles. The van der Waals surface area contributed by atoms with E-state index in [-0.39, 0.29) is 12.0 Å². The van der Waals surface area contributed by atoms with Crippen LogP contribution in [0.3, 0.4) is 0 Å².